The molecular formula is C13H10N2O5. The van der Waals surface area contributed by atoms with Crippen molar-refractivity contribution in [2.75, 3.05) is 0 Å². The number of hydrogen-bond acceptors (Lipinski definition) is 6. The van der Waals surface area contributed by atoms with E-state index in [-0.39, 0.29) is 5.69 Å². The Kier molecular flexibility index (Phi) is 3.90. The average Bonchev–Trinajstić information content (AvgIpc) is 2.87. The van der Waals surface area contributed by atoms with Crippen molar-refractivity contribution < 1.29 is 19.0 Å². The Bertz CT molecular complexity index is 658. The highest BCUT2D eigenvalue weighted by molar-refractivity contribution is 5.78. The first kappa shape index (κ1) is 13.5. The maximum Gasteiger partial charge on any atom is 0.331 e. The van der Waals surface area contributed by atoms with Crippen molar-refractivity contribution in [2.45, 2.75) is 6.92 Å². The van der Waals surface area contributed by atoms with Crippen molar-refractivity contribution in [3.63, 3.8) is 0 Å². The smallest absolute Gasteiger partial charge is 0.331 e. The van der Waals surface area contributed by atoms with Gasteiger partial charge in [-0.3, -0.25) is 10.1 Å². The van der Waals surface area contributed by atoms with E-state index in [2.05, 4.69) is 9.99 Å². The third-order valence-corrected chi connectivity index (χ3v) is 2.35. The molecule has 20 heavy (non-hydrogen) atoms. The SMILES string of the molecule is CC(=O)O/N=C/c1ccc(-c2ccc([N+](=O)[O-])cc2)o1. The van der Waals surface area contributed by atoms with Crippen LogP contribution in [0.25, 0.3) is 11.3 Å². The summed E-state index contributed by atoms with van der Waals surface area (Å²) >= 11 is 0. The lowest BCUT2D eigenvalue weighted by molar-refractivity contribution is -0.384. The molecule has 0 aliphatic rings. The molecule has 0 spiro atoms. The van der Waals surface area contributed by atoms with Crippen LogP contribution in [0.1, 0.15) is 12.7 Å². The molecule has 0 radical (unpaired) electrons. The van der Waals surface area contributed by atoms with Gasteiger partial charge < -0.3 is 9.25 Å². The first-order valence-corrected chi connectivity index (χ1v) is 5.62. The van der Waals surface area contributed by atoms with Gasteiger partial charge in [-0.25, -0.2) is 4.79 Å². The minimum absolute atomic E-state index is 0.0111. The highest BCUT2D eigenvalue weighted by Gasteiger charge is 2.07. The summed E-state index contributed by atoms with van der Waals surface area (Å²) in [4.78, 5) is 25.0. The number of nitrogens with zero attached hydrogens (tertiary/aromatic N) is 2. The Labute approximate surface area is 113 Å². The van der Waals surface area contributed by atoms with Crippen LogP contribution in [0.5, 0.6) is 0 Å². The van der Waals surface area contributed by atoms with Crippen LogP contribution in [0, 0.1) is 10.1 Å². The van der Waals surface area contributed by atoms with Crippen molar-refractivity contribution in [1.29, 1.82) is 0 Å². The molecule has 0 aliphatic heterocycles. The summed E-state index contributed by atoms with van der Waals surface area (Å²) in [5.74, 6) is 0.409. The standard InChI is InChI=1S/C13H10N2O5/c1-9(16)20-14-8-12-6-7-13(19-12)10-2-4-11(5-3-10)15(17)18/h2-8H,1H3/b14-8+. The maximum absolute atomic E-state index is 10.5. The number of carbonyl (C=O) groups is 1. The number of carbonyl (C=O) groups excluding carboxylic acids is 1. The number of non-ortho nitro benzene ring substituents is 1. The fourth-order valence-corrected chi connectivity index (χ4v) is 1.48. The first-order valence-electron chi connectivity index (χ1n) is 5.62. The Balaban J connectivity index is 2.14. The molecule has 7 heteroatoms. The number of nitro benzene ring substituents is 1. The molecular weight excluding hydrogens is 264 g/mol. The number of rotatable bonds is 4. The molecule has 0 fully saturated rings. The van der Waals surface area contributed by atoms with Gasteiger partial charge >= 0.3 is 5.97 Å². The summed E-state index contributed by atoms with van der Waals surface area (Å²) in [7, 11) is 0. The van der Waals surface area contributed by atoms with E-state index in [1.807, 2.05) is 0 Å². The van der Waals surface area contributed by atoms with Crippen LogP contribution in [-0.2, 0) is 9.63 Å². The fraction of sp³-hybridized carbons (Fsp3) is 0.0769. The van der Waals surface area contributed by atoms with Gasteiger partial charge in [0.15, 0.2) is 0 Å². The van der Waals surface area contributed by atoms with Gasteiger partial charge in [-0.05, 0) is 24.3 Å². The molecule has 0 unspecified atom stereocenters. The van der Waals surface area contributed by atoms with Gasteiger partial charge in [-0.2, -0.15) is 0 Å². The van der Waals surface area contributed by atoms with Crippen LogP contribution in [0.3, 0.4) is 0 Å². The minimum Gasteiger partial charge on any atom is -0.455 e. The number of oxime groups is 1. The third-order valence-electron chi connectivity index (χ3n) is 2.35. The predicted molar refractivity (Wildman–Crippen MR) is 70.2 cm³/mol. The van der Waals surface area contributed by atoms with Crippen LogP contribution in [0.4, 0.5) is 5.69 Å². The van der Waals surface area contributed by atoms with Crippen LogP contribution in [-0.4, -0.2) is 17.1 Å². The van der Waals surface area contributed by atoms with E-state index in [1.165, 1.54) is 25.3 Å². The lowest BCUT2D eigenvalue weighted by Gasteiger charge is -1.96. The Morgan fingerprint density at radius 1 is 1.30 bits per heavy atom. The summed E-state index contributed by atoms with van der Waals surface area (Å²) in [6.45, 7) is 1.24. The van der Waals surface area contributed by atoms with Crippen LogP contribution < -0.4 is 0 Å². The maximum atomic E-state index is 10.5. The van der Waals surface area contributed by atoms with Crippen molar-refractivity contribution in [3.05, 3.63) is 52.3 Å². The van der Waals surface area contributed by atoms with Crippen molar-refractivity contribution in [3.8, 4) is 11.3 Å². The van der Waals surface area contributed by atoms with Gasteiger partial charge in [-0.15, -0.1) is 0 Å². The topological polar surface area (TPSA) is 94.9 Å². The fourth-order valence-electron chi connectivity index (χ4n) is 1.48. The zero-order valence-corrected chi connectivity index (χ0v) is 10.5. The molecule has 1 heterocycles. The predicted octanol–water partition coefficient (Wildman–Crippen LogP) is 2.75. The van der Waals surface area contributed by atoms with E-state index in [9.17, 15) is 14.9 Å². The number of benzene rings is 1. The summed E-state index contributed by atoms with van der Waals surface area (Å²) in [5.41, 5.74) is 0.708. The van der Waals surface area contributed by atoms with Crippen molar-refractivity contribution in [1.82, 2.24) is 0 Å². The molecule has 102 valence electrons. The molecule has 0 aliphatic carbocycles. The third kappa shape index (κ3) is 3.29. The van der Waals surface area contributed by atoms with Crippen LogP contribution in [0.15, 0.2) is 46.0 Å². The molecule has 2 aromatic rings. The van der Waals surface area contributed by atoms with E-state index in [0.29, 0.717) is 17.1 Å². The molecule has 0 saturated heterocycles. The molecule has 1 aromatic heterocycles. The lowest BCUT2D eigenvalue weighted by atomic mass is 10.1. The highest BCUT2D eigenvalue weighted by atomic mass is 16.7. The Hall–Kier alpha value is -2.96. The van der Waals surface area contributed by atoms with E-state index in [0.717, 1.165) is 0 Å². The highest BCUT2D eigenvalue weighted by Crippen LogP contribution is 2.23. The van der Waals surface area contributed by atoms with Crippen molar-refractivity contribution >= 4 is 17.9 Å². The summed E-state index contributed by atoms with van der Waals surface area (Å²) in [5, 5.41) is 14.0. The van der Waals surface area contributed by atoms with E-state index in [1.54, 1.807) is 24.3 Å². The van der Waals surface area contributed by atoms with E-state index in [4.69, 9.17) is 4.42 Å². The zero-order valence-electron chi connectivity index (χ0n) is 10.5. The second kappa shape index (κ2) is 5.79. The largest absolute Gasteiger partial charge is 0.455 e. The van der Waals surface area contributed by atoms with Crippen LogP contribution >= 0.6 is 0 Å². The van der Waals surface area contributed by atoms with Crippen LogP contribution in [0.2, 0.25) is 0 Å². The Morgan fingerprint density at radius 2 is 2.00 bits per heavy atom. The molecule has 1 aromatic carbocycles. The summed E-state index contributed by atoms with van der Waals surface area (Å²) in [6.07, 6.45) is 1.26. The zero-order chi connectivity index (χ0) is 14.5. The van der Waals surface area contributed by atoms with Gasteiger partial charge in [0.1, 0.15) is 17.7 Å². The van der Waals surface area contributed by atoms with Gasteiger partial charge in [0.05, 0.1) is 4.92 Å². The molecule has 0 atom stereocenters. The van der Waals surface area contributed by atoms with Gasteiger partial charge in [0.2, 0.25) is 0 Å². The average molecular weight is 274 g/mol. The first-order chi connectivity index (χ1) is 9.56. The number of furan rings is 1. The van der Waals surface area contributed by atoms with Gasteiger partial charge in [0, 0.05) is 24.6 Å². The molecule has 0 N–H and O–H groups in total. The van der Waals surface area contributed by atoms with Gasteiger partial charge in [-0.1, -0.05) is 5.16 Å². The molecule has 7 nitrogen and oxygen atoms in total. The monoisotopic (exact) mass is 274 g/mol. The Morgan fingerprint density at radius 3 is 2.60 bits per heavy atom. The lowest BCUT2D eigenvalue weighted by Crippen LogP contribution is -1.90. The van der Waals surface area contributed by atoms with Gasteiger partial charge in [0.25, 0.3) is 5.69 Å². The number of hydrogen-bond donors (Lipinski definition) is 0. The summed E-state index contributed by atoms with van der Waals surface area (Å²) in [6, 6.07) is 9.29. The normalized spacial score (nSPS) is 10.7. The quantitative estimate of drug-likeness (QED) is 0.369. The minimum atomic E-state index is -0.525. The second-order valence-electron chi connectivity index (χ2n) is 3.82. The van der Waals surface area contributed by atoms with E-state index >= 15 is 0 Å². The molecule has 0 bridgehead atoms. The van der Waals surface area contributed by atoms with E-state index < -0.39 is 10.9 Å². The molecule has 2 rings (SSSR count). The second-order valence-corrected chi connectivity index (χ2v) is 3.82. The summed E-state index contributed by atoms with van der Waals surface area (Å²) < 4.78 is 5.44. The molecule has 0 amide bonds. The number of nitro groups is 1. The van der Waals surface area contributed by atoms with Crippen molar-refractivity contribution in [2.24, 2.45) is 5.16 Å². The molecule has 0 saturated carbocycles.